The molecule has 2 rings (SSSR count). The summed E-state index contributed by atoms with van der Waals surface area (Å²) < 4.78 is 20.0. The highest BCUT2D eigenvalue weighted by atomic mass is 19.1. The fourth-order valence-electron chi connectivity index (χ4n) is 1.41. The molecule has 6 heteroatoms. The van der Waals surface area contributed by atoms with Crippen LogP contribution in [0.25, 0.3) is 0 Å². The highest BCUT2D eigenvalue weighted by Crippen LogP contribution is 2.19. The lowest BCUT2D eigenvalue weighted by atomic mass is 10.2. The summed E-state index contributed by atoms with van der Waals surface area (Å²) in [6.45, 7) is 0.109. The minimum Gasteiger partial charge on any atom is -0.435 e. The van der Waals surface area contributed by atoms with Gasteiger partial charge in [-0.15, -0.1) is 0 Å². The molecule has 0 aliphatic carbocycles. The third-order valence-electron chi connectivity index (χ3n) is 2.44. The Morgan fingerprint density at radius 3 is 2.94 bits per heavy atom. The molecule has 0 unspecified atom stereocenters. The van der Waals surface area contributed by atoms with Crippen molar-refractivity contribution in [2.24, 2.45) is 12.8 Å². The Balaban J connectivity index is 2.32. The topological polar surface area (TPSA) is 70.1 Å². The summed E-state index contributed by atoms with van der Waals surface area (Å²) in [4.78, 5) is 15.4. The Bertz CT molecular complexity index is 625. The standard InChI is InChI=1S/C12H12FN3O2/c1-16-5-4-15-11(12(16)17)18-9-3-2-8(7-14)10(13)6-9/h2-6H,7,14H2,1H3. The number of ether oxygens (including phenoxy) is 1. The predicted molar refractivity (Wildman–Crippen MR) is 63.8 cm³/mol. The van der Waals surface area contributed by atoms with Gasteiger partial charge in [-0.05, 0) is 6.07 Å². The number of nitrogens with two attached hydrogens (primary N) is 1. The third kappa shape index (κ3) is 2.38. The molecule has 0 aliphatic rings. The lowest BCUT2D eigenvalue weighted by Crippen LogP contribution is -2.18. The third-order valence-corrected chi connectivity index (χ3v) is 2.44. The summed E-state index contributed by atoms with van der Waals surface area (Å²) in [6.07, 6.45) is 2.94. The fourth-order valence-corrected chi connectivity index (χ4v) is 1.41. The van der Waals surface area contributed by atoms with Crippen molar-refractivity contribution >= 4 is 0 Å². The van der Waals surface area contributed by atoms with Gasteiger partial charge in [-0.2, -0.15) is 0 Å². The van der Waals surface area contributed by atoms with Crippen LogP contribution in [-0.2, 0) is 13.6 Å². The van der Waals surface area contributed by atoms with Crippen molar-refractivity contribution in [3.05, 3.63) is 52.3 Å². The molecule has 0 saturated carbocycles. The molecule has 0 amide bonds. The van der Waals surface area contributed by atoms with Crippen molar-refractivity contribution in [2.75, 3.05) is 0 Å². The Morgan fingerprint density at radius 1 is 1.50 bits per heavy atom. The number of halogens is 1. The van der Waals surface area contributed by atoms with Crippen LogP contribution >= 0.6 is 0 Å². The predicted octanol–water partition coefficient (Wildman–Crippen LogP) is 1.17. The zero-order chi connectivity index (χ0) is 13.1. The first-order valence-electron chi connectivity index (χ1n) is 5.30. The van der Waals surface area contributed by atoms with Gasteiger partial charge >= 0.3 is 5.56 Å². The molecule has 2 N–H and O–H groups in total. The molecule has 0 radical (unpaired) electrons. The maximum Gasteiger partial charge on any atom is 0.313 e. The monoisotopic (exact) mass is 249 g/mol. The highest BCUT2D eigenvalue weighted by molar-refractivity contribution is 5.31. The zero-order valence-corrected chi connectivity index (χ0v) is 9.76. The summed E-state index contributed by atoms with van der Waals surface area (Å²) >= 11 is 0. The SMILES string of the molecule is Cn1ccnc(Oc2ccc(CN)c(F)c2)c1=O. The second kappa shape index (κ2) is 4.97. The van der Waals surface area contributed by atoms with Gasteiger partial charge in [0.2, 0.25) is 0 Å². The largest absolute Gasteiger partial charge is 0.435 e. The van der Waals surface area contributed by atoms with E-state index in [4.69, 9.17) is 10.5 Å². The maximum absolute atomic E-state index is 13.5. The summed E-state index contributed by atoms with van der Waals surface area (Å²) in [5.74, 6) is -0.358. The van der Waals surface area contributed by atoms with Gasteiger partial charge in [-0.25, -0.2) is 9.37 Å². The second-order valence-electron chi connectivity index (χ2n) is 3.71. The van der Waals surface area contributed by atoms with Crippen molar-refractivity contribution in [1.29, 1.82) is 0 Å². The van der Waals surface area contributed by atoms with Gasteiger partial charge in [-0.3, -0.25) is 4.79 Å². The molecule has 1 heterocycles. The van der Waals surface area contributed by atoms with Crippen LogP contribution in [0.3, 0.4) is 0 Å². The molecule has 0 atom stereocenters. The molecular weight excluding hydrogens is 237 g/mol. The molecule has 0 fully saturated rings. The average Bonchev–Trinajstić information content (AvgIpc) is 2.35. The number of nitrogens with zero attached hydrogens (tertiary/aromatic N) is 2. The number of aryl methyl sites for hydroxylation is 1. The van der Waals surface area contributed by atoms with Crippen molar-refractivity contribution in [3.8, 4) is 11.6 Å². The minimum atomic E-state index is -0.470. The molecule has 0 spiro atoms. The van der Waals surface area contributed by atoms with Gasteiger partial charge < -0.3 is 15.0 Å². The van der Waals surface area contributed by atoms with Crippen LogP contribution in [0.5, 0.6) is 11.6 Å². The van der Waals surface area contributed by atoms with E-state index < -0.39 is 5.82 Å². The Kier molecular flexibility index (Phi) is 3.38. The van der Waals surface area contributed by atoms with Crippen LogP contribution in [0.4, 0.5) is 4.39 Å². The van der Waals surface area contributed by atoms with Gasteiger partial charge in [0.25, 0.3) is 5.88 Å². The number of benzene rings is 1. The average molecular weight is 249 g/mol. The van der Waals surface area contributed by atoms with E-state index in [-0.39, 0.29) is 23.7 Å². The van der Waals surface area contributed by atoms with Gasteiger partial charge in [0.05, 0.1) is 0 Å². The molecule has 0 saturated heterocycles. The van der Waals surface area contributed by atoms with Gasteiger partial charge in [0.15, 0.2) is 0 Å². The lowest BCUT2D eigenvalue weighted by molar-refractivity contribution is 0.443. The van der Waals surface area contributed by atoms with E-state index >= 15 is 0 Å². The quantitative estimate of drug-likeness (QED) is 0.886. The van der Waals surface area contributed by atoms with Crippen molar-refractivity contribution in [1.82, 2.24) is 9.55 Å². The van der Waals surface area contributed by atoms with Crippen LogP contribution in [0.1, 0.15) is 5.56 Å². The molecular formula is C12H12FN3O2. The van der Waals surface area contributed by atoms with E-state index in [1.54, 1.807) is 13.1 Å². The number of aromatic nitrogens is 2. The first-order chi connectivity index (χ1) is 8.61. The highest BCUT2D eigenvalue weighted by Gasteiger charge is 2.08. The summed E-state index contributed by atoms with van der Waals surface area (Å²) in [6, 6.07) is 4.23. The van der Waals surface area contributed by atoms with E-state index in [0.717, 1.165) is 0 Å². The van der Waals surface area contributed by atoms with Crippen molar-refractivity contribution < 1.29 is 9.13 Å². The lowest BCUT2D eigenvalue weighted by Gasteiger charge is -2.06. The molecule has 0 bridgehead atoms. The van der Waals surface area contributed by atoms with Gasteiger partial charge in [0, 0.05) is 37.6 Å². The second-order valence-corrected chi connectivity index (χ2v) is 3.71. The molecule has 0 aliphatic heterocycles. The Morgan fingerprint density at radius 2 is 2.28 bits per heavy atom. The van der Waals surface area contributed by atoms with E-state index in [0.29, 0.717) is 5.56 Å². The van der Waals surface area contributed by atoms with Gasteiger partial charge in [-0.1, -0.05) is 6.07 Å². The summed E-state index contributed by atoms with van der Waals surface area (Å²) in [5, 5.41) is 0. The normalized spacial score (nSPS) is 10.4. The molecule has 5 nitrogen and oxygen atoms in total. The fraction of sp³-hybridized carbons (Fsp3) is 0.167. The molecule has 94 valence electrons. The van der Waals surface area contributed by atoms with E-state index in [1.807, 2.05) is 0 Å². The number of rotatable bonds is 3. The first kappa shape index (κ1) is 12.3. The molecule has 2 aromatic rings. The molecule has 18 heavy (non-hydrogen) atoms. The van der Waals surface area contributed by atoms with E-state index in [9.17, 15) is 9.18 Å². The van der Waals surface area contributed by atoms with Crippen LogP contribution < -0.4 is 16.0 Å². The number of hydrogen-bond donors (Lipinski definition) is 1. The van der Waals surface area contributed by atoms with E-state index in [1.165, 1.54) is 29.1 Å². The Hall–Kier alpha value is -2.21. The zero-order valence-electron chi connectivity index (χ0n) is 9.76. The number of hydrogen-bond acceptors (Lipinski definition) is 4. The molecule has 1 aromatic carbocycles. The summed E-state index contributed by atoms with van der Waals surface area (Å²) in [7, 11) is 1.58. The van der Waals surface area contributed by atoms with Gasteiger partial charge in [0.1, 0.15) is 11.6 Å². The van der Waals surface area contributed by atoms with Crippen molar-refractivity contribution in [3.63, 3.8) is 0 Å². The van der Waals surface area contributed by atoms with Crippen LogP contribution in [0.15, 0.2) is 35.4 Å². The minimum absolute atomic E-state index is 0.0973. The maximum atomic E-state index is 13.5. The molecule has 1 aromatic heterocycles. The summed E-state index contributed by atoms with van der Waals surface area (Å²) in [5.41, 5.74) is 5.35. The first-order valence-corrected chi connectivity index (χ1v) is 5.30. The van der Waals surface area contributed by atoms with Crippen LogP contribution in [0.2, 0.25) is 0 Å². The van der Waals surface area contributed by atoms with Crippen LogP contribution in [0, 0.1) is 5.82 Å². The van der Waals surface area contributed by atoms with E-state index in [2.05, 4.69) is 4.98 Å². The smallest absolute Gasteiger partial charge is 0.313 e. The Labute approximate surface area is 103 Å². The van der Waals surface area contributed by atoms with Crippen molar-refractivity contribution in [2.45, 2.75) is 6.54 Å². The van der Waals surface area contributed by atoms with Crippen LogP contribution in [-0.4, -0.2) is 9.55 Å².